The average Bonchev–Trinajstić information content (AvgIpc) is 3.37. The van der Waals surface area contributed by atoms with E-state index in [1.54, 1.807) is 18.2 Å². The minimum absolute atomic E-state index is 0.00776. The number of sulfone groups is 1. The Morgan fingerprint density at radius 2 is 1.96 bits per heavy atom. The first kappa shape index (κ1) is 18.4. The van der Waals surface area contributed by atoms with Crippen molar-refractivity contribution in [3.05, 3.63) is 36.6 Å². The molecule has 4 rings (SSSR count). The van der Waals surface area contributed by atoms with E-state index in [9.17, 15) is 8.42 Å². The first-order valence-corrected chi connectivity index (χ1v) is 10.4. The molecule has 1 aromatic carbocycles. The minimum Gasteiger partial charge on any atom is -0.486 e. The fraction of sp³-hybridized carbons (Fsp3) is 0.316. The fourth-order valence-electron chi connectivity index (χ4n) is 2.71. The topological polar surface area (TPSA) is 104 Å². The Morgan fingerprint density at radius 1 is 1.18 bits per heavy atom. The van der Waals surface area contributed by atoms with Crippen LogP contribution in [0.4, 0.5) is 5.88 Å². The molecule has 2 aromatic heterocycles. The van der Waals surface area contributed by atoms with Gasteiger partial charge in [0.1, 0.15) is 13.2 Å². The Hall–Kier alpha value is -2.94. The third-order valence-corrected chi connectivity index (χ3v) is 6.06. The number of ether oxygens (including phenoxy) is 2. The van der Waals surface area contributed by atoms with Crippen molar-refractivity contribution in [2.75, 3.05) is 18.5 Å². The summed E-state index contributed by atoms with van der Waals surface area (Å²) in [7, 11) is -3.97. The van der Waals surface area contributed by atoms with Crippen LogP contribution in [-0.4, -0.2) is 32.7 Å². The molecule has 1 aliphatic heterocycles. The number of fused-ring (bicyclic) bond motifs is 1. The Bertz CT molecular complexity index is 1070. The van der Waals surface area contributed by atoms with E-state index in [4.69, 9.17) is 18.3 Å². The maximum atomic E-state index is 13.3. The fourth-order valence-corrected chi connectivity index (χ4v) is 3.99. The molecule has 8 nitrogen and oxygen atoms in total. The quantitative estimate of drug-likeness (QED) is 0.662. The number of hydrogen-bond acceptors (Lipinski definition) is 8. The molecule has 1 aliphatic rings. The van der Waals surface area contributed by atoms with Crippen molar-refractivity contribution in [1.82, 2.24) is 4.98 Å². The molecule has 0 saturated heterocycles. The van der Waals surface area contributed by atoms with Gasteiger partial charge in [-0.1, -0.05) is 6.92 Å². The number of anilines is 1. The third kappa shape index (κ3) is 3.33. The normalized spacial score (nSPS) is 14.6. The van der Waals surface area contributed by atoms with Gasteiger partial charge in [-0.05, 0) is 37.6 Å². The molecule has 148 valence electrons. The number of rotatable bonds is 6. The lowest BCUT2D eigenvalue weighted by Gasteiger charge is -2.18. The lowest BCUT2D eigenvalue weighted by Crippen LogP contribution is -2.17. The molecule has 1 atom stereocenters. The highest BCUT2D eigenvalue weighted by Gasteiger charge is 2.31. The zero-order valence-electron chi connectivity index (χ0n) is 15.5. The molecule has 28 heavy (non-hydrogen) atoms. The van der Waals surface area contributed by atoms with Gasteiger partial charge in [-0.3, -0.25) is 0 Å². The van der Waals surface area contributed by atoms with Gasteiger partial charge in [0.05, 0.1) is 11.2 Å². The van der Waals surface area contributed by atoms with E-state index in [1.807, 2.05) is 13.8 Å². The molecule has 3 aromatic rings. The Morgan fingerprint density at radius 3 is 2.68 bits per heavy atom. The second-order valence-electron chi connectivity index (χ2n) is 6.39. The lowest BCUT2D eigenvalue weighted by atomic mass is 10.3. The molecule has 0 bridgehead atoms. The first-order chi connectivity index (χ1) is 13.5. The average molecular weight is 404 g/mol. The van der Waals surface area contributed by atoms with Crippen LogP contribution in [0.3, 0.4) is 0 Å². The molecule has 1 unspecified atom stereocenters. The predicted molar refractivity (Wildman–Crippen MR) is 100 cm³/mol. The van der Waals surface area contributed by atoms with Crippen molar-refractivity contribution in [1.29, 1.82) is 0 Å². The van der Waals surface area contributed by atoms with Crippen molar-refractivity contribution in [3.63, 3.8) is 0 Å². The van der Waals surface area contributed by atoms with Gasteiger partial charge in [-0.2, -0.15) is 4.98 Å². The van der Waals surface area contributed by atoms with Gasteiger partial charge < -0.3 is 23.6 Å². The van der Waals surface area contributed by atoms with Crippen LogP contribution in [0.25, 0.3) is 11.7 Å². The van der Waals surface area contributed by atoms with Crippen molar-refractivity contribution < 1.29 is 26.7 Å². The van der Waals surface area contributed by atoms with Gasteiger partial charge in [0.2, 0.25) is 20.7 Å². The van der Waals surface area contributed by atoms with E-state index >= 15 is 0 Å². The molecule has 0 aliphatic carbocycles. The number of aromatic nitrogens is 1. The van der Waals surface area contributed by atoms with E-state index in [-0.39, 0.29) is 27.7 Å². The summed E-state index contributed by atoms with van der Waals surface area (Å²) >= 11 is 0. The highest BCUT2D eigenvalue weighted by molar-refractivity contribution is 7.91. The summed E-state index contributed by atoms with van der Waals surface area (Å²) in [5, 5.41) is 2.88. The summed E-state index contributed by atoms with van der Waals surface area (Å²) in [6.45, 7) is 4.70. The summed E-state index contributed by atoms with van der Waals surface area (Å²) in [5.41, 5.74) is 0. The maximum absolute atomic E-state index is 13.3. The summed E-state index contributed by atoms with van der Waals surface area (Å²) < 4.78 is 48.6. The molecule has 3 heterocycles. The monoisotopic (exact) mass is 404 g/mol. The standard InChI is InChI=1S/C19H20N2O6S/c1-3-12(2)20-18-19(21-17(27-18)15-5-4-8-24-15)28(22,23)13-6-7-14-16(11-13)26-10-9-25-14/h4-8,11-12,20H,3,9-10H2,1-2H3. The molecule has 0 saturated carbocycles. The van der Waals surface area contributed by atoms with Crippen LogP contribution in [0.2, 0.25) is 0 Å². The van der Waals surface area contributed by atoms with Gasteiger partial charge in [0, 0.05) is 12.1 Å². The Kier molecular flexibility index (Phi) is 4.76. The maximum Gasteiger partial charge on any atom is 0.266 e. The number of oxazole rings is 1. The lowest BCUT2D eigenvalue weighted by molar-refractivity contribution is 0.171. The van der Waals surface area contributed by atoms with Crippen molar-refractivity contribution in [3.8, 4) is 23.1 Å². The Labute approximate surface area is 162 Å². The molecule has 0 spiro atoms. The van der Waals surface area contributed by atoms with Crippen LogP contribution in [0.1, 0.15) is 20.3 Å². The smallest absolute Gasteiger partial charge is 0.266 e. The van der Waals surface area contributed by atoms with Gasteiger partial charge in [-0.15, -0.1) is 0 Å². The van der Waals surface area contributed by atoms with Gasteiger partial charge in [0.15, 0.2) is 17.3 Å². The van der Waals surface area contributed by atoms with Gasteiger partial charge >= 0.3 is 0 Å². The second-order valence-corrected chi connectivity index (χ2v) is 8.26. The highest BCUT2D eigenvalue weighted by atomic mass is 32.2. The molecule has 9 heteroatoms. The summed E-state index contributed by atoms with van der Waals surface area (Å²) in [6.07, 6.45) is 2.25. The largest absolute Gasteiger partial charge is 0.486 e. The Balaban J connectivity index is 1.79. The number of nitrogens with one attached hydrogen (secondary N) is 1. The van der Waals surface area contributed by atoms with Crippen molar-refractivity contribution in [2.45, 2.75) is 36.2 Å². The predicted octanol–water partition coefficient (Wildman–Crippen LogP) is 3.75. The highest BCUT2D eigenvalue weighted by Crippen LogP contribution is 2.37. The van der Waals surface area contributed by atoms with Crippen molar-refractivity contribution in [2.24, 2.45) is 0 Å². The van der Waals surface area contributed by atoms with Gasteiger partial charge in [-0.25, -0.2) is 8.42 Å². The van der Waals surface area contributed by atoms with E-state index in [0.717, 1.165) is 6.42 Å². The van der Waals surface area contributed by atoms with E-state index in [2.05, 4.69) is 10.3 Å². The van der Waals surface area contributed by atoms with Crippen molar-refractivity contribution >= 4 is 15.7 Å². The van der Waals surface area contributed by atoms with Crippen LogP contribution in [0, 0.1) is 0 Å². The number of benzene rings is 1. The molecule has 1 N–H and O–H groups in total. The molecule has 0 fully saturated rings. The number of furan rings is 1. The van der Waals surface area contributed by atoms with Crippen LogP contribution in [-0.2, 0) is 9.84 Å². The first-order valence-electron chi connectivity index (χ1n) is 8.95. The molecular weight excluding hydrogens is 384 g/mol. The molecule has 0 amide bonds. The summed E-state index contributed by atoms with van der Waals surface area (Å²) in [4.78, 5) is 4.26. The van der Waals surface area contributed by atoms with E-state index in [0.29, 0.717) is 30.5 Å². The summed E-state index contributed by atoms with van der Waals surface area (Å²) in [6, 6.07) is 7.81. The second kappa shape index (κ2) is 7.23. The number of nitrogens with zero attached hydrogens (tertiary/aromatic N) is 1. The van der Waals surface area contributed by atoms with E-state index < -0.39 is 9.84 Å². The zero-order chi connectivity index (χ0) is 19.7. The van der Waals surface area contributed by atoms with Crippen LogP contribution < -0.4 is 14.8 Å². The molecule has 0 radical (unpaired) electrons. The SMILES string of the molecule is CCC(C)Nc1oc(-c2ccco2)nc1S(=O)(=O)c1ccc2c(c1)OCCO2. The summed E-state index contributed by atoms with van der Waals surface area (Å²) in [5.74, 6) is 1.41. The van der Waals surface area contributed by atoms with E-state index in [1.165, 1.54) is 18.4 Å². The molecular formula is C19H20N2O6S. The third-order valence-electron chi connectivity index (χ3n) is 4.40. The van der Waals surface area contributed by atoms with Crippen LogP contribution >= 0.6 is 0 Å². The van der Waals surface area contributed by atoms with Crippen LogP contribution in [0.15, 0.2) is 55.4 Å². The van der Waals surface area contributed by atoms with Gasteiger partial charge in [0.25, 0.3) is 5.89 Å². The van der Waals surface area contributed by atoms with Crippen LogP contribution in [0.5, 0.6) is 11.5 Å². The minimum atomic E-state index is -3.97. The number of hydrogen-bond donors (Lipinski definition) is 1. The zero-order valence-corrected chi connectivity index (χ0v) is 16.3.